The van der Waals surface area contributed by atoms with E-state index in [1.165, 1.54) is 45.2 Å². The third kappa shape index (κ3) is 5.38. The molecule has 3 aromatic rings. The van der Waals surface area contributed by atoms with Crippen molar-refractivity contribution in [2.45, 2.75) is 43.5 Å². The fourth-order valence-corrected chi connectivity index (χ4v) is 5.52. The van der Waals surface area contributed by atoms with Gasteiger partial charge in [-0.05, 0) is 25.5 Å². The molecule has 198 valence electrons. The SMILES string of the molecule is COc1cccc(OC)c1-n1c(NS(=O)(=O)C(C)C(OC)c2ncc(Cl)cn2)nnc1[C@H]1CCC(=O)C1. The Kier molecular flexibility index (Phi) is 7.95. The van der Waals surface area contributed by atoms with Crippen LogP contribution >= 0.6 is 11.6 Å². The molecule has 0 radical (unpaired) electrons. The van der Waals surface area contributed by atoms with Crippen molar-refractivity contribution in [1.29, 1.82) is 0 Å². The van der Waals surface area contributed by atoms with Gasteiger partial charge in [0.05, 0.1) is 19.2 Å². The number of carbonyl (C=O) groups is 1. The average molecular weight is 551 g/mol. The van der Waals surface area contributed by atoms with Gasteiger partial charge >= 0.3 is 0 Å². The number of sulfonamides is 1. The summed E-state index contributed by atoms with van der Waals surface area (Å²) in [6.07, 6.45) is 2.98. The molecular formula is C23H27ClN6O6S. The monoisotopic (exact) mass is 550 g/mol. The van der Waals surface area contributed by atoms with Gasteiger partial charge < -0.3 is 14.2 Å². The molecule has 0 saturated heterocycles. The number of hydrogen-bond donors (Lipinski definition) is 1. The number of halogens is 1. The highest BCUT2D eigenvalue weighted by atomic mass is 35.5. The Hall–Kier alpha value is -3.29. The number of para-hydroxylation sites is 1. The molecule has 1 fully saturated rings. The molecule has 0 aliphatic heterocycles. The highest BCUT2D eigenvalue weighted by Crippen LogP contribution is 2.40. The molecule has 2 unspecified atom stereocenters. The van der Waals surface area contributed by atoms with Crippen LogP contribution in [-0.2, 0) is 19.6 Å². The molecule has 12 nitrogen and oxygen atoms in total. The zero-order chi connectivity index (χ0) is 26.7. The summed E-state index contributed by atoms with van der Waals surface area (Å²) in [5, 5.41) is 7.62. The van der Waals surface area contributed by atoms with Gasteiger partial charge in [-0.25, -0.2) is 18.4 Å². The van der Waals surface area contributed by atoms with E-state index in [0.29, 0.717) is 40.9 Å². The van der Waals surface area contributed by atoms with E-state index in [4.69, 9.17) is 25.8 Å². The van der Waals surface area contributed by atoms with Crippen LogP contribution in [0.15, 0.2) is 30.6 Å². The highest BCUT2D eigenvalue weighted by molar-refractivity contribution is 7.93. The molecule has 2 aromatic heterocycles. The van der Waals surface area contributed by atoms with E-state index in [1.54, 1.807) is 18.2 Å². The van der Waals surface area contributed by atoms with Crippen LogP contribution in [0, 0.1) is 0 Å². The van der Waals surface area contributed by atoms with E-state index >= 15 is 0 Å². The van der Waals surface area contributed by atoms with Crippen molar-refractivity contribution < 1.29 is 27.4 Å². The summed E-state index contributed by atoms with van der Waals surface area (Å²) in [6, 6.07) is 5.16. The van der Waals surface area contributed by atoms with Crippen LogP contribution in [0.25, 0.3) is 5.69 Å². The van der Waals surface area contributed by atoms with Crippen molar-refractivity contribution in [3.63, 3.8) is 0 Å². The fraction of sp³-hybridized carbons (Fsp3) is 0.435. The first-order valence-electron chi connectivity index (χ1n) is 11.4. The maximum atomic E-state index is 13.5. The Balaban J connectivity index is 1.79. The first-order valence-corrected chi connectivity index (χ1v) is 13.3. The fourth-order valence-electron chi connectivity index (χ4n) is 4.29. The summed E-state index contributed by atoms with van der Waals surface area (Å²) in [6.45, 7) is 1.47. The summed E-state index contributed by atoms with van der Waals surface area (Å²) in [5.41, 5.74) is 0.404. The molecule has 1 aliphatic rings. The minimum absolute atomic E-state index is 0.0872. The van der Waals surface area contributed by atoms with Crippen molar-refractivity contribution >= 4 is 33.4 Å². The van der Waals surface area contributed by atoms with Crippen molar-refractivity contribution in [2.75, 3.05) is 26.1 Å². The number of benzene rings is 1. The maximum Gasteiger partial charge on any atom is 0.243 e. The predicted molar refractivity (Wildman–Crippen MR) is 135 cm³/mol. The molecule has 0 spiro atoms. The number of nitrogens with one attached hydrogen (secondary N) is 1. The molecule has 3 atom stereocenters. The van der Waals surface area contributed by atoms with Gasteiger partial charge in [0, 0.05) is 38.3 Å². The number of hydrogen-bond acceptors (Lipinski definition) is 10. The Morgan fingerprint density at radius 1 is 1.11 bits per heavy atom. The topological polar surface area (TPSA) is 147 Å². The van der Waals surface area contributed by atoms with Gasteiger partial charge in [-0.2, -0.15) is 0 Å². The van der Waals surface area contributed by atoms with Crippen LogP contribution in [-0.4, -0.2) is 65.5 Å². The summed E-state index contributed by atoms with van der Waals surface area (Å²) in [5.74, 6) is 1.15. The molecule has 0 bridgehead atoms. The lowest BCUT2D eigenvalue weighted by Gasteiger charge is -2.23. The number of Topliss-reactive ketones (excluding diaryl/α,β-unsaturated/α-hetero) is 1. The lowest BCUT2D eigenvalue weighted by molar-refractivity contribution is -0.117. The van der Waals surface area contributed by atoms with Gasteiger partial charge in [0.15, 0.2) is 5.82 Å². The summed E-state index contributed by atoms with van der Waals surface area (Å²) < 4.78 is 47.7. The third-order valence-electron chi connectivity index (χ3n) is 6.22. The number of rotatable bonds is 10. The van der Waals surface area contributed by atoms with E-state index < -0.39 is 21.4 Å². The minimum Gasteiger partial charge on any atom is -0.494 e. The van der Waals surface area contributed by atoms with Gasteiger partial charge in [0.2, 0.25) is 16.0 Å². The zero-order valence-electron chi connectivity index (χ0n) is 20.7. The Morgan fingerprint density at radius 3 is 2.30 bits per heavy atom. The van der Waals surface area contributed by atoms with Crippen molar-refractivity contribution in [3.05, 3.63) is 47.3 Å². The molecular weight excluding hydrogens is 524 g/mol. The maximum absolute atomic E-state index is 13.5. The second-order valence-corrected chi connectivity index (χ2v) is 10.9. The van der Waals surface area contributed by atoms with E-state index in [0.717, 1.165) is 0 Å². The standard InChI is InChI=1S/C23H27ClN6O6S/c1-13(20(36-4)21-25-11-15(24)12-26-21)37(32,33)29-23-28-27-22(14-8-9-16(31)10-14)30(23)19-17(34-2)6-5-7-18(19)35-3/h5-7,11-14,20H,8-10H2,1-4H3,(H,28,29)/t13?,14-,20?/m0/s1. The normalized spacial score (nSPS) is 17.4. The van der Waals surface area contributed by atoms with E-state index in [2.05, 4.69) is 24.9 Å². The van der Waals surface area contributed by atoms with E-state index in [-0.39, 0.29) is 29.9 Å². The van der Waals surface area contributed by atoms with Crippen LogP contribution in [0.2, 0.25) is 5.02 Å². The van der Waals surface area contributed by atoms with E-state index in [1.807, 2.05) is 0 Å². The summed E-state index contributed by atoms with van der Waals surface area (Å²) in [7, 11) is 0.211. The number of ketones is 1. The summed E-state index contributed by atoms with van der Waals surface area (Å²) >= 11 is 5.87. The van der Waals surface area contributed by atoms with Gasteiger partial charge in [-0.3, -0.25) is 14.1 Å². The minimum atomic E-state index is -4.13. The van der Waals surface area contributed by atoms with Crippen molar-refractivity contribution in [1.82, 2.24) is 24.7 Å². The van der Waals surface area contributed by atoms with Crippen LogP contribution in [0.1, 0.15) is 49.9 Å². The van der Waals surface area contributed by atoms with Gasteiger partial charge in [0.1, 0.15) is 40.1 Å². The first-order chi connectivity index (χ1) is 17.7. The van der Waals surface area contributed by atoms with Crippen molar-refractivity contribution in [2.24, 2.45) is 0 Å². The molecule has 37 heavy (non-hydrogen) atoms. The number of carbonyl (C=O) groups excluding carboxylic acids is 1. The number of ether oxygens (including phenoxy) is 3. The average Bonchev–Trinajstić information content (AvgIpc) is 3.50. The summed E-state index contributed by atoms with van der Waals surface area (Å²) in [4.78, 5) is 20.3. The molecule has 1 aliphatic carbocycles. The second-order valence-electron chi connectivity index (χ2n) is 8.47. The van der Waals surface area contributed by atoms with Gasteiger partial charge in [-0.15, -0.1) is 10.2 Å². The number of aromatic nitrogens is 5. The molecule has 1 aromatic carbocycles. The molecule has 2 heterocycles. The second kappa shape index (κ2) is 11.0. The van der Waals surface area contributed by atoms with E-state index in [9.17, 15) is 13.2 Å². The van der Waals surface area contributed by atoms with Crippen LogP contribution in [0.4, 0.5) is 5.95 Å². The molecule has 1 saturated carbocycles. The van der Waals surface area contributed by atoms with Gasteiger partial charge in [-0.1, -0.05) is 17.7 Å². The molecule has 1 N–H and O–H groups in total. The largest absolute Gasteiger partial charge is 0.494 e. The first kappa shape index (κ1) is 26.8. The number of methoxy groups -OCH3 is 3. The zero-order valence-corrected chi connectivity index (χ0v) is 22.3. The Morgan fingerprint density at radius 2 is 1.76 bits per heavy atom. The van der Waals surface area contributed by atoms with Crippen LogP contribution < -0.4 is 14.2 Å². The van der Waals surface area contributed by atoms with Crippen LogP contribution in [0.3, 0.4) is 0 Å². The third-order valence-corrected chi connectivity index (χ3v) is 8.11. The van der Waals surface area contributed by atoms with Gasteiger partial charge in [0.25, 0.3) is 0 Å². The molecule has 4 rings (SSSR count). The predicted octanol–water partition coefficient (Wildman–Crippen LogP) is 3.08. The molecule has 14 heteroatoms. The number of anilines is 1. The number of nitrogens with zero attached hydrogens (tertiary/aromatic N) is 5. The highest BCUT2D eigenvalue weighted by Gasteiger charge is 2.36. The Bertz CT molecular complexity index is 1360. The quantitative estimate of drug-likeness (QED) is 0.399. The lowest BCUT2D eigenvalue weighted by atomic mass is 10.1. The lowest BCUT2D eigenvalue weighted by Crippen LogP contribution is -2.33. The smallest absolute Gasteiger partial charge is 0.243 e. The van der Waals surface area contributed by atoms with Crippen LogP contribution in [0.5, 0.6) is 11.5 Å². The Labute approximate surface area is 219 Å². The molecule has 0 amide bonds. The van der Waals surface area contributed by atoms with Crippen molar-refractivity contribution in [3.8, 4) is 17.2 Å².